The van der Waals surface area contributed by atoms with Gasteiger partial charge in [-0.15, -0.1) is 0 Å². The molecular weight excluding hydrogens is 222 g/mol. The molecule has 0 rings (SSSR count). The van der Waals surface area contributed by atoms with Crippen molar-refractivity contribution in [2.24, 2.45) is 0 Å². The van der Waals surface area contributed by atoms with Gasteiger partial charge in [0.15, 0.2) is 0 Å². The molecule has 0 saturated heterocycles. The van der Waals surface area contributed by atoms with Crippen LogP contribution < -0.4 is 5.32 Å². The van der Waals surface area contributed by atoms with E-state index < -0.39 is 8.80 Å². The van der Waals surface area contributed by atoms with Crippen molar-refractivity contribution in [3.63, 3.8) is 0 Å². The van der Waals surface area contributed by atoms with Gasteiger partial charge in [-0.2, -0.15) is 0 Å². The zero-order valence-corrected chi connectivity index (χ0v) is 12.5. The Bertz CT molecular complexity index is 173. The molecular formula is C11H27NO3Si. The summed E-state index contributed by atoms with van der Waals surface area (Å²) in [6.45, 7) is 14.3. The highest BCUT2D eigenvalue weighted by atomic mass is 28.4. The van der Waals surface area contributed by atoms with E-state index in [1.807, 2.05) is 20.8 Å². The maximum absolute atomic E-state index is 6.00. The summed E-state index contributed by atoms with van der Waals surface area (Å²) in [7, 11) is -2.54. The molecule has 0 amide bonds. The van der Waals surface area contributed by atoms with E-state index in [1.165, 1.54) is 0 Å². The van der Waals surface area contributed by atoms with Crippen molar-refractivity contribution in [1.29, 1.82) is 0 Å². The van der Waals surface area contributed by atoms with E-state index in [4.69, 9.17) is 13.3 Å². The fourth-order valence-electron chi connectivity index (χ4n) is 1.56. The second kappa shape index (κ2) is 8.19. The maximum Gasteiger partial charge on any atom is 0.504 e. The smallest absolute Gasteiger partial charge is 0.374 e. The summed E-state index contributed by atoms with van der Waals surface area (Å²) >= 11 is 0. The van der Waals surface area contributed by atoms with E-state index in [9.17, 15) is 0 Å². The topological polar surface area (TPSA) is 39.7 Å². The molecule has 1 unspecified atom stereocenters. The molecule has 0 spiro atoms. The van der Waals surface area contributed by atoms with E-state index in [1.54, 1.807) is 0 Å². The molecule has 1 atom stereocenters. The molecule has 0 aliphatic heterocycles. The molecule has 4 nitrogen and oxygen atoms in total. The quantitative estimate of drug-likeness (QED) is 0.503. The Morgan fingerprint density at radius 1 is 1.00 bits per heavy atom. The predicted molar refractivity (Wildman–Crippen MR) is 68.3 cm³/mol. The minimum Gasteiger partial charge on any atom is -0.374 e. The first-order valence-corrected chi connectivity index (χ1v) is 8.01. The zero-order valence-electron chi connectivity index (χ0n) is 11.5. The van der Waals surface area contributed by atoms with Gasteiger partial charge >= 0.3 is 8.80 Å². The molecule has 0 bridgehead atoms. The van der Waals surface area contributed by atoms with E-state index in [2.05, 4.69) is 26.1 Å². The number of nitrogens with one attached hydrogen (secondary N) is 1. The third-order valence-electron chi connectivity index (χ3n) is 2.23. The number of rotatable bonds is 9. The molecule has 0 aromatic carbocycles. The van der Waals surface area contributed by atoms with Crippen LogP contribution in [0, 0.1) is 0 Å². The van der Waals surface area contributed by atoms with Gasteiger partial charge in [0, 0.05) is 18.8 Å². The molecule has 0 aliphatic carbocycles. The lowest BCUT2D eigenvalue weighted by atomic mass is 10.6. The fourth-order valence-corrected chi connectivity index (χ4v) is 4.10. The van der Waals surface area contributed by atoms with Gasteiger partial charge in [-0.25, -0.2) is 0 Å². The van der Waals surface area contributed by atoms with Gasteiger partial charge in [-0.1, -0.05) is 20.8 Å². The Hall–Kier alpha value is 0.0569. The third kappa shape index (κ3) is 4.93. The van der Waals surface area contributed by atoms with Gasteiger partial charge < -0.3 is 13.3 Å². The van der Waals surface area contributed by atoms with Crippen molar-refractivity contribution in [3.8, 4) is 0 Å². The van der Waals surface area contributed by atoms with Gasteiger partial charge in [-0.05, 0) is 27.3 Å². The number of hydrogen-bond acceptors (Lipinski definition) is 4. The Morgan fingerprint density at radius 2 is 1.50 bits per heavy atom. The first-order chi connectivity index (χ1) is 7.52. The van der Waals surface area contributed by atoms with Crippen molar-refractivity contribution < 1.29 is 13.3 Å². The molecule has 0 fully saturated rings. The van der Waals surface area contributed by atoms with E-state index in [0.29, 0.717) is 13.2 Å². The first-order valence-electron chi connectivity index (χ1n) is 6.21. The second-order valence-electron chi connectivity index (χ2n) is 3.94. The molecule has 0 radical (unpaired) electrons. The van der Waals surface area contributed by atoms with E-state index in [0.717, 1.165) is 6.54 Å². The fraction of sp³-hybridized carbons (Fsp3) is 1.00. The third-order valence-corrected chi connectivity index (χ3v) is 5.71. The zero-order chi connectivity index (χ0) is 12.6. The van der Waals surface area contributed by atoms with Crippen LogP contribution in [-0.2, 0) is 13.3 Å². The largest absolute Gasteiger partial charge is 0.504 e. The second-order valence-corrected chi connectivity index (χ2v) is 7.12. The normalized spacial score (nSPS) is 14.4. The average Bonchev–Trinajstić information content (AvgIpc) is 2.18. The summed E-state index contributed by atoms with van der Waals surface area (Å²) in [5.41, 5.74) is 0.272. The Labute approximate surface area is 101 Å². The Kier molecular flexibility index (Phi) is 8.22. The molecule has 0 aromatic rings. The van der Waals surface area contributed by atoms with Crippen LogP contribution in [0.1, 0.15) is 41.5 Å². The summed E-state index contributed by atoms with van der Waals surface area (Å²) in [6.07, 6.45) is -0.0304. The summed E-state index contributed by atoms with van der Waals surface area (Å²) in [4.78, 5) is 0. The van der Waals surface area contributed by atoms with Gasteiger partial charge in [0.25, 0.3) is 0 Å². The molecule has 1 N–H and O–H groups in total. The highest BCUT2D eigenvalue weighted by Gasteiger charge is 2.45. The summed E-state index contributed by atoms with van der Waals surface area (Å²) in [6, 6.07) is 0. The molecule has 0 heterocycles. The minimum atomic E-state index is -2.54. The summed E-state index contributed by atoms with van der Waals surface area (Å²) in [5, 5.41) is 3.22. The lowest BCUT2D eigenvalue weighted by Gasteiger charge is -2.34. The Morgan fingerprint density at radius 3 is 1.81 bits per heavy atom. The summed E-state index contributed by atoms with van der Waals surface area (Å²) < 4.78 is 17.6. The molecule has 0 saturated carbocycles. The van der Waals surface area contributed by atoms with Crippen LogP contribution >= 0.6 is 0 Å². The lowest BCUT2D eigenvalue weighted by molar-refractivity contribution is 0.0214. The predicted octanol–water partition coefficient (Wildman–Crippen LogP) is 2.38. The molecule has 16 heavy (non-hydrogen) atoms. The highest BCUT2D eigenvalue weighted by molar-refractivity contribution is 6.62. The van der Waals surface area contributed by atoms with Crippen molar-refractivity contribution in [2.45, 2.75) is 53.3 Å². The lowest BCUT2D eigenvalue weighted by Crippen LogP contribution is -2.53. The van der Waals surface area contributed by atoms with Crippen molar-refractivity contribution >= 4 is 8.80 Å². The van der Waals surface area contributed by atoms with Crippen LogP contribution in [0.5, 0.6) is 0 Å². The molecule has 0 aliphatic rings. The standard InChI is InChI=1S/C11H27NO3Si/c1-7-12-11(6)15-16(10(4)5,13-8-2)14-9-3/h10-12H,7-9H2,1-6H3. The first kappa shape index (κ1) is 16.1. The summed E-state index contributed by atoms with van der Waals surface area (Å²) in [5.74, 6) is 0. The highest BCUT2D eigenvalue weighted by Crippen LogP contribution is 2.25. The molecule has 98 valence electrons. The average molecular weight is 249 g/mol. The van der Waals surface area contributed by atoms with Crippen LogP contribution in [0.3, 0.4) is 0 Å². The van der Waals surface area contributed by atoms with Crippen LogP contribution in [0.2, 0.25) is 5.54 Å². The minimum absolute atomic E-state index is 0.0304. The van der Waals surface area contributed by atoms with Gasteiger partial charge in [0.2, 0.25) is 0 Å². The van der Waals surface area contributed by atoms with Gasteiger partial charge in [0.05, 0.1) is 6.23 Å². The van der Waals surface area contributed by atoms with E-state index >= 15 is 0 Å². The van der Waals surface area contributed by atoms with Gasteiger partial charge in [-0.3, -0.25) is 5.32 Å². The van der Waals surface area contributed by atoms with Crippen LogP contribution in [0.4, 0.5) is 0 Å². The SMILES string of the molecule is CCNC(C)O[Si](OCC)(OCC)C(C)C. The van der Waals surface area contributed by atoms with Gasteiger partial charge in [0.1, 0.15) is 0 Å². The Balaban J connectivity index is 4.59. The van der Waals surface area contributed by atoms with Crippen molar-refractivity contribution in [2.75, 3.05) is 19.8 Å². The van der Waals surface area contributed by atoms with Crippen LogP contribution in [0.15, 0.2) is 0 Å². The molecule has 5 heteroatoms. The van der Waals surface area contributed by atoms with E-state index in [-0.39, 0.29) is 11.8 Å². The van der Waals surface area contributed by atoms with Crippen LogP contribution in [0.25, 0.3) is 0 Å². The molecule has 0 aromatic heterocycles. The maximum atomic E-state index is 6.00. The van der Waals surface area contributed by atoms with Crippen molar-refractivity contribution in [1.82, 2.24) is 5.32 Å². The van der Waals surface area contributed by atoms with Crippen molar-refractivity contribution in [3.05, 3.63) is 0 Å². The van der Waals surface area contributed by atoms with Crippen LogP contribution in [-0.4, -0.2) is 34.8 Å². The monoisotopic (exact) mass is 249 g/mol. The number of hydrogen-bond donors (Lipinski definition) is 1.